The molecule has 50 valence electrons. The minimum atomic E-state index is -0.109. The third-order valence-corrected chi connectivity index (χ3v) is 1.60. The molecule has 1 heterocycles. The van der Waals surface area contributed by atoms with Gasteiger partial charge in [0.25, 0.3) is 0 Å². The van der Waals surface area contributed by atoms with Gasteiger partial charge in [-0.2, -0.15) is 0 Å². The van der Waals surface area contributed by atoms with Gasteiger partial charge >= 0.3 is 0 Å². The number of hydrogen-bond donors (Lipinski definition) is 0. The van der Waals surface area contributed by atoms with E-state index in [4.69, 9.17) is 4.74 Å². The Bertz CT molecular complexity index is 151. The summed E-state index contributed by atoms with van der Waals surface area (Å²) in [4.78, 5) is 3.79. The van der Waals surface area contributed by atoms with E-state index in [1.54, 1.807) is 6.20 Å². The Morgan fingerprint density at radius 1 is 1.67 bits per heavy atom. The van der Waals surface area contributed by atoms with Crippen LogP contribution >= 0.6 is 0 Å². The number of hydrogen-bond acceptors (Lipinski definition) is 2. The van der Waals surface area contributed by atoms with E-state index in [-0.39, 0.29) is 5.60 Å². The van der Waals surface area contributed by atoms with Gasteiger partial charge in [-0.05, 0) is 19.4 Å². The smallest absolute Gasteiger partial charge is 0.175 e. The van der Waals surface area contributed by atoms with Gasteiger partial charge in [-0.15, -0.1) is 0 Å². The van der Waals surface area contributed by atoms with E-state index in [2.05, 4.69) is 11.9 Å². The summed E-state index contributed by atoms with van der Waals surface area (Å²) in [5.41, 5.74) is -0.109. The van der Waals surface area contributed by atoms with Crippen molar-refractivity contribution in [1.29, 1.82) is 0 Å². The number of nitrogens with zero attached hydrogens (tertiary/aromatic N) is 1. The first kappa shape index (κ1) is 6.33. The molecule has 0 spiro atoms. The molecule has 9 heavy (non-hydrogen) atoms. The van der Waals surface area contributed by atoms with E-state index in [1.165, 1.54) is 6.40 Å². The molecule has 0 aromatic rings. The molecule has 1 aliphatic rings. The van der Waals surface area contributed by atoms with Crippen molar-refractivity contribution in [2.45, 2.75) is 25.9 Å². The van der Waals surface area contributed by atoms with Crippen molar-refractivity contribution in [3.8, 4) is 0 Å². The average Bonchev–Trinajstić information content (AvgIpc) is 1.90. The lowest BCUT2D eigenvalue weighted by molar-refractivity contribution is 0.128. The molecule has 0 saturated carbocycles. The molecule has 0 N–H and O–H groups in total. The third-order valence-electron chi connectivity index (χ3n) is 1.60. The van der Waals surface area contributed by atoms with Crippen LogP contribution in [-0.2, 0) is 4.74 Å². The van der Waals surface area contributed by atoms with Crippen molar-refractivity contribution in [2.75, 3.05) is 0 Å². The van der Waals surface area contributed by atoms with E-state index in [0.717, 1.165) is 6.42 Å². The first-order valence-electron chi connectivity index (χ1n) is 3.14. The first-order chi connectivity index (χ1) is 4.27. The summed E-state index contributed by atoms with van der Waals surface area (Å²) < 4.78 is 5.24. The third kappa shape index (κ3) is 1.31. The molecule has 0 bridgehead atoms. The molecule has 2 nitrogen and oxygen atoms in total. The Morgan fingerprint density at radius 3 is 2.78 bits per heavy atom. The number of ether oxygens (including phenoxy) is 1. The summed E-state index contributed by atoms with van der Waals surface area (Å²) in [5.74, 6) is 0. The van der Waals surface area contributed by atoms with Crippen LogP contribution in [0.15, 0.2) is 17.3 Å². The highest BCUT2D eigenvalue weighted by Crippen LogP contribution is 2.17. The minimum Gasteiger partial charge on any atom is -0.473 e. The molecule has 0 saturated heterocycles. The van der Waals surface area contributed by atoms with Crippen LogP contribution in [0.2, 0.25) is 0 Å². The van der Waals surface area contributed by atoms with E-state index < -0.39 is 0 Å². The molecule has 1 atom stereocenters. The fourth-order valence-corrected chi connectivity index (χ4v) is 0.627. The molecule has 0 aromatic heterocycles. The summed E-state index contributed by atoms with van der Waals surface area (Å²) in [6.45, 7) is 4.12. The van der Waals surface area contributed by atoms with Gasteiger partial charge in [-0.1, -0.05) is 6.92 Å². The van der Waals surface area contributed by atoms with Crippen molar-refractivity contribution in [1.82, 2.24) is 0 Å². The van der Waals surface area contributed by atoms with Crippen LogP contribution in [-0.4, -0.2) is 12.0 Å². The zero-order chi connectivity index (χ0) is 6.74. The van der Waals surface area contributed by atoms with Gasteiger partial charge in [-0.3, -0.25) is 0 Å². The van der Waals surface area contributed by atoms with E-state index in [0.29, 0.717) is 0 Å². The Balaban J connectivity index is 2.63. The molecule has 0 aromatic carbocycles. The van der Waals surface area contributed by atoms with Gasteiger partial charge in [0.05, 0.1) is 0 Å². The molecular formula is C7H11NO. The predicted molar refractivity (Wildman–Crippen MR) is 37.4 cm³/mol. The molecular weight excluding hydrogens is 114 g/mol. The quantitative estimate of drug-likeness (QED) is 0.523. The first-order valence-corrected chi connectivity index (χ1v) is 3.14. The standard InChI is InChI=1S/C7H11NO/c1-3-7(2)4-5-8-6-9-7/h4-6H,3H2,1-2H3. The topological polar surface area (TPSA) is 21.6 Å². The SMILES string of the molecule is CCC1(C)C=CN=CO1. The summed E-state index contributed by atoms with van der Waals surface area (Å²) in [5, 5.41) is 0. The molecule has 1 aliphatic heterocycles. The Kier molecular flexibility index (Phi) is 1.56. The maximum Gasteiger partial charge on any atom is 0.175 e. The van der Waals surface area contributed by atoms with Crippen LogP contribution in [0, 0.1) is 0 Å². The van der Waals surface area contributed by atoms with Crippen molar-refractivity contribution in [3.63, 3.8) is 0 Å². The maximum atomic E-state index is 5.24. The van der Waals surface area contributed by atoms with Crippen LogP contribution < -0.4 is 0 Å². The van der Waals surface area contributed by atoms with Gasteiger partial charge in [0.2, 0.25) is 0 Å². The zero-order valence-corrected chi connectivity index (χ0v) is 5.79. The second-order valence-electron chi connectivity index (χ2n) is 2.35. The van der Waals surface area contributed by atoms with Crippen LogP contribution in [0.25, 0.3) is 0 Å². The minimum absolute atomic E-state index is 0.109. The lowest BCUT2D eigenvalue weighted by Gasteiger charge is -2.24. The summed E-state index contributed by atoms with van der Waals surface area (Å²) in [7, 11) is 0. The van der Waals surface area contributed by atoms with Crippen LogP contribution in [0.5, 0.6) is 0 Å². The van der Waals surface area contributed by atoms with Crippen LogP contribution in [0.4, 0.5) is 0 Å². The monoisotopic (exact) mass is 125 g/mol. The summed E-state index contributed by atoms with van der Waals surface area (Å²) >= 11 is 0. The highest BCUT2D eigenvalue weighted by molar-refractivity contribution is 5.50. The second kappa shape index (κ2) is 2.21. The lowest BCUT2D eigenvalue weighted by atomic mass is 10.0. The molecule has 0 amide bonds. The van der Waals surface area contributed by atoms with Gasteiger partial charge in [0, 0.05) is 6.20 Å². The number of aliphatic imine (C=N–C) groups is 1. The van der Waals surface area contributed by atoms with Gasteiger partial charge in [0.15, 0.2) is 6.40 Å². The average molecular weight is 125 g/mol. The van der Waals surface area contributed by atoms with Gasteiger partial charge in [0.1, 0.15) is 5.60 Å². The molecule has 1 rings (SSSR count). The lowest BCUT2D eigenvalue weighted by Crippen LogP contribution is -2.25. The Labute approximate surface area is 55.2 Å². The largest absolute Gasteiger partial charge is 0.473 e. The van der Waals surface area contributed by atoms with Gasteiger partial charge in [-0.25, -0.2) is 4.99 Å². The highest BCUT2D eigenvalue weighted by atomic mass is 16.5. The number of rotatable bonds is 1. The zero-order valence-electron chi connectivity index (χ0n) is 5.79. The molecule has 0 aliphatic carbocycles. The van der Waals surface area contributed by atoms with E-state index in [9.17, 15) is 0 Å². The molecule has 0 fully saturated rings. The van der Waals surface area contributed by atoms with E-state index >= 15 is 0 Å². The fourth-order valence-electron chi connectivity index (χ4n) is 0.627. The fraction of sp³-hybridized carbons (Fsp3) is 0.571. The molecule has 1 unspecified atom stereocenters. The van der Waals surface area contributed by atoms with Crippen LogP contribution in [0.1, 0.15) is 20.3 Å². The summed E-state index contributed by atoms with van der Waals surface area (Å²) in [6, 6.07) is 0. The van der Waals surface area contributed by atoms with Crippen molar-refractivity contribution in [2.24, 2.45) is 4.99 Å². The van der Waals surface area contributed by atoms with Crippen molar-refractivity contribution >= 4 is 6.40 Å². The Morgan fingerprint density at radius 2 is 2.44 bits per heavy atom. The maximum absolute atomic E-state index is 5.24. The second-order valence-corrected chi connectivity index (χ2v) is 2.35. The van der Waals surface area contributed by atoms with Crippen molar-refractivity contribution in [3.05, 3.63) is 12.3 Å². The summed E-state index contributed by atoms with van der Waals surface area (Å²) in [6.07, 6.45) is 6.21. The van der Waals surface area contributed by atoms with Gasteiger partial charge < -0.3 is 4.74 Å². The predicted octanol–water partition coefficient (Wildman–Crippen LogP) is 1.73. The normalized spacial score (nSPS) is 32.2. The van der Waals surface area contributed by atoms with E-state index in [1.807, 2.05) is 13.0 Å². The molecule has 0 radical (unpaired) electrons. The van der Waals surface area contributed by atoms with Crippen LogP contribution in [0.3, 0.4) is 0 Å². The van der Waals surface area contributed by atoms with Crippen molar-refractivity contribution < 1.29 is 4.74 Å². The Hall–Kier alpha value is -0.790. The molecule has 2 heteroatoms. The highest BCUT2D eigenvalue weighted by Gasteiger charge is 2.19.